The van der Waals surface area contributed by atoms with Gasteiger partial charge in [0.1, 0.15) is 23.7 Å². The van der Waals surface area contributed by atoms with Gasteiger partial charge in [-0.15, -0.1) is 0 Å². The summed E-state index contributed by atoms with van der Waals surface area (Å²) in [5.74, 6) is -0.157. The molecule has 1 fully saturated rings. The van der Waals surface area contributed by atoms with Crippen molar-refractivity contribution in [1.82, 2.24) is 24.9 Å². The summed E-state index contributed by atoms with van der Waals surface area (Å²) in [5, 5.41) is 13.9. The zero-order valence-electron chi connectivity index (χ0n) is 16.6. The van der Waals surface area contributed by atoms with Crippen LogP contribution in [-0.4, -0.2) is 30.9 Å². The molecule has 0 bridgehead atoms. The fraction of sp³-hybridized carbons (Fsp3) is 0.250. The smallest absolute Gasteiger partial charge is 0.326 e. The second-order valence-electron chi connectivity index (χ2n) is 7.29. The molecule has 0 unspecified atom stereocenters. The molecule has 0 saturated heterocycles. The Morgan fingerprint density at radius 1 is 1.29 bits per heavy atom. The number of nitrogens with one attached hydrogen (secondary N) is 2. The van der Waals surface area contributed by atoms with Crippen molar-refractivity contribution in [3.63, 3.8) is 0 Å². The van der Waals surface area contributed by atoms with Gasteiger partial charge in [0.15, 0.2) is 5.65 Å². The third kappa shape index (κ3) is 3.54. The average Bonchev–Trinajstić information content (AvgIpc) is 3.37. The molecule has 31 heavy (non-hydrogen) atoms. The SMILES string of the molecule is CCc1cc(NC(=O)Nc2ccc(-c3nn(C4CC4)c4ncnc(N)c34)cc2F)on1. The van der Waals surface area contributed by atoms with Crippen LogP contribution in [0.15, 0.2) is 35.1 Å². The van der Waals surface area contributed by atoms with Crippen LogP contribution in [0.3, 0.4) is 0 Å². The highest BCUT2D eigenvalue weighted by Crippen LogP contribution is 2.40. The molecule has 4 aromatic rings. The van der Waals surface area contributed by atoms with Crippen LogP contribution in [-0.2, 0) is 6.42 Å². The molecule has 3 aromatic heterocycles. The van der Waals surface area contributed by atoms with Crippen molar-refractivity contribution >= 4 is 34.5 Å². The van der Waals surface area contributed by atoms with Crippen LogP contribution in [0.25, 0.3) is 22.3 Å². The predicted molar refractivity (Wildman–Crippen MR) is 112 cm³/mol. The van der Waals surface area contributed by atoms with Crippen molar-refractivity contribution in [3.8, 4) is 11.3 Å². The number of nitrogen functional groups attached to an aromatic ring is 1. The predicted octanol–water partition coefficient (Wildman–Crippen LogP) is 3.74. The van der Waals surface area contributed by atoms with Crippen molar-refractivity contribution in [3.05, 3.63) is 42.1 Å². The van der Waals surface area contributed by atoms with Crippen LogP contribution in [0.5, 0.6) is 0 Å². The third-order valence-corrected chi connectivity index (χ3v) is 5.06. The second-order valence-corrected chi connectivity index (χ2v) is 7.29. The van der Waals surface area contributed by atoms with Crippen LogP contribution < -0.4 is 16.4 Å². The Morgan fingerprint density at radius 2 is 2.13 bits per heavy atom. The van der Waals surface area contributed by atoms with Crippen molar-refractivity contribution < 1.29 is 13.7 Å². The first-order valence-corrected chi connectivity index (χ1v) is 9.85. The molecular weight excluding hydrogens is 403 g/mol. The lowest BCUT2D eigenvalue weighted by Crippen LogP contribution is -2.19. The molecule has 10 nitrogen and oxygen atoms in total. The number of carbonyl (C=O) groups excluding carboxylic acids is 1. The number of urea groups is 1. The number of nitrogens with zero attached hydrogens (tertiary/aromatic N) is 5. The van der Waals surface area contributed by atoms with Crippen LogP contribution in [0.4, 0.5) is 26.6 Å². The minimum Gasteiger partial charge on any atom is -0.383 e. The van der Waals surface area contributed by atoms with Gasteiger partial charge < -0.3 is 15.6 Å². The normalized spacial score (nSPS) is 13.5. The van der Waals surface area contributed by atoms with Crippen LogP contribution in [0.1, 0.15) is 31.5 Å². The van der Waals surface area contributed by atoms with E-state index >= 15 is 0 Å². The molecular formula is C20H19FN8O2. The minimum absolute atomic E-state index is 0.00614. The van der Waals surface area contributed by atoms with E-state index in [-0.39, 0.29) is 23.4 Å². The van der Waals surface area contributed by atoms with Gasteiger partial charge in [0.2, 0.25) is 5.88 Å². The summed E-state index contributed by atoms with van der Waals surface area (Å²) in [5.41, 5.74) is 8.42. The maximum Gasteiger partial charge on any atom is 0.326 e. The summed E-state index contributed by atoms with van der Waals surface area (Å²) in [7, 11) is 0. The quantitative estimate of drug-likeness (QED) is 0.445. The lowest BCUT2D eigenvalue weighted by atomic mass is 10.1. The number of benzene rings is 1. The number of rotatable bonds is 5. The molecule has 5 rings (SSSR count). The van der Waals surface area contributed by atoms with E-state index < -0.39 is 11.8 Å². The summed E-state index contributed by atoms with van der Waals surface area (Å²) in [4.78, 5) is 20.5. The monoisotopic (exact) mass is 422 g/mol. The number of nitrogens with two attached hydrogens (primary N) is 1. The highest BCUT2D eigenvalue weighted by Gasteiger charge is 2.29. The van der Waals surface area contributed by atoms with Gasteiger partial charge in [0, 0.05) is 11.6 Å². The number of hydrogen-bond acceptors (Lipinski definition) is 7. The van der Waals surface area contributed by atoms with Gasteiger partial charge in [-0.3, -0.25) is 5.32 Å². The van der Waals surface area contributed by atoms with Crippen LogP contribution >= 0.6 is 0 Å². The number of carbonyl (C=O) groups is 1. The van der Waals surface area contributed by atoms with Crippen LogP contribution in [0.2, 0.25) is 0 Å². The van der Waals surface area contributed by atoms with Gasteiger partial charge in [-0.05, 0) is 31.4 Å². The Labute approximate surface area is 175 Å². The van der Waals surface area contributed by atoms with E-state index in [4.69, 9.17) is 10.3 Å². The number of aromatic nitrogens is 5. The number of fused-ring (bicyclic) bond motifs is 1. The van der Waals surface area contributed by atoms with Gasteiger partial charge in [0.05, 0.1) is 22.8 Å². The summed E-state index contributed by atoms with van der Waals surface area (Å²) in [6.45, 7) is 1.91. The molecule has 3 heterocycles. The molecule has 1 aliphatic carbocycles. The van der Waals surface area contributed by atoms with Crippen molar-refractivity contribution in [2.24, 2.45) is 0 Å². The van der Waals surface area contributed by atoms with Gasteiger partial charge >= 0.3 is 6.03 Å². The molecule has 158 valence electrons. The first-order chi connectivity index (χ1) is 15.0. The van der Waals surface area contributed by atoms with Crippen molar-refractivity contribution in [2.45, 2.75) is 32.2 Å². The number of halogens is 1. The second kappa shape index (κ2) is 7.35. The summed E-state index contributed by atoms with van der Waals surface area (Å²) >= 11 is 0. The number of amides is 2. The van der Waals surface area contributed by atoms with E-state index in [1.807, 2.05) is 11.6 Å². The lowest BCUT2D eigenvalue weighted by molar-refractivity contribution is 0.261. The lowest BCUT2D eigenvalue weighted by Gasteiger charge is -2.08. The molecule has 0 radical (unpaired) electrons. The molecule has 11 heteroatoms. The Morgan fingerprint density at radius 3 is 2.84 bits per heavy atom. The molecule has 0 aliphatic heterocycles. The number of hydrogen-bond donors (Lipinski definition) is 3. The largest absolute Gasteiger partial charge is 0.383 e. The topological polar surface area (TPSA) is 137 Å². The Hall–Kier alpha value is -4.02. The van der Waals surface area contributed by atoms with E-state index in [0.717, 1.165) is 12.8 Å². The van der Waals surface area contributed by atoms with E-state index in [0.29, 0.717) is 34.4 Å². The summed E-state index contributed by atoms with van der Waals surface area (Å²) in [6.07, 6.45) is 4.09. The number of anilines is 3. The fourth-order valence-corrected chi connectivity index (χ4v) is 3.34. The Kier molecular flexibility index (Phi) is 4.50. The van der Waals surface area contributed by atoms with Crippen molar-refractivity contribution in [2.75, 3.05) is 16.4 Å². The zero-order valence-corrected chi connectivity index (χ0v) is 16.6. The average molecular weight is 422 g/mol. The van der Waals surface area contributed by atoms with E-state index in [9.17, 15) is 9.18 Å². The molecule has 1 aliphatic rings. The first kappa shape index (κ1) is 19.0. The summed E-state index contributed by atoms with van der Waals surface area (Å²) < 4.78 is 21.6. The summed E-state index contributed by atoms with van der Waals surface area (Å²) in [6, 6.07) is 5.64. The number of aryl methyl sites for hydroxylation is 1. The highest BCUT2D eigenvalue weighted by atomic mass is 19.1. The molecule has 2 amide bonds. The van der Waals surface area contributed by atoms with E-state index in [2.05, 4.69) is 30.9 Å². The maximum atomic E-state index is 14.8. The van der Waals surface area contributed by atoms with Gasteiger partial charge in [-0.25, -0.2) is 23.8 Å². The molecule has 4 N–H and O–H groups in total. The van der Waals surface area contributed by atoms with E-state index in [1.54, 1.807) is 12.1 Å². The fourth-order valence-electron chi connectivity index (χ4n) is 3.34. The highest BCUT2D eigenvalue weighted by molar-refractivity contribution is 6.00. The Bertz CT molecular complexity index is 1290. The van der Waals surface area contributed by atoms with E-state index in [1.165, 1.54) is 18.5 Å². The maximum absolute atomic E-state index is 14.8. The minimum atomic E-state index is -0.647. The standard InChI is InChI=1S/C20H19FN8O2/c1-2-11-8-15(31-28-11)26-20(30)25-14-6-3-10(7-13(14)21)17-16-18(22)23-9-24-19(16)29(27-17)12-4-5-12/h3,6-9,12H,2,4-5H2,1H3,(H2,22,23,24)(H2,25,26,30). The van der Waals surface area contributed by atoms with Gasteiger partial charge in [-0.2, -0.15) is 5.10 Å². The Balaban J connectivity index is 1.41. The molecule has 0 spiro atoms. The van der Waals surface area contributed by atoms with Crippen molar-refractivity contribution in [1.29, 1.82) is 0 Å². The zero-order chi connectivity index (χ0) is 21.5. The molecule has 1 aromatic carbocycles. The third-order valence-electron chi connectivity index (χ3n) is 5.06. The van der Waals surface area contributed by atoms with Crippen LogP contribution in [0, 0.1) is 5.82 Å². The molecule has 0 atom stereocenters. The van der Waals surface area contributed by atoms with Gasteiger partial charge in [0.25, 0.3) is 0 Å². The molecule has 1 saturated carbocycles. The van der Waals surface area contributed by atoms with Gasteiger partial charge in [-0.1, -0.05) is 18.1 Å². The first-order valence-electron chi connectivity index (χ1n) is 9.85.